The average Bonchev–Trinajstić information content (AvgIpc) is 2.38. The number of carbonyl (C=O) groups excluding carboxylic acids is 1. The Morgan fingerprint density at radius 3 is 2.57 bits per heavy atom. The summed E-state index contributed by atoms with van der Waals surface area (Å²) >= 11 is 0. The lowest BCUT2D eigenvalue weighted by atomic mass is 9.75. The average molecular weight is 312 g/mol. The number of rotatable bonds is 3. The number of nitrogens with two attached hydrogens (primary N) is 1. The molecule has 2 N–H and O–H groups in total. The molecule has 0 heterocycles. The van der Waals surface area contributed by atoms with Gasteiger partial charge in [-0.3, -0.25) is 0 Å². The van der Waals surface area contributed by atoms with E-state index in [0.29, 0.717) is 29.0 Å². The van der Waals surface area contributed by atoms with Crippen LogP contribution >= 0.6 is 12.4 Å². The highest BCUT2D eigenvalue weighted by Crippen LogP contribution is 2.35. The van der Waals surface area contributed by atoms with Gasteiger partial charge in [0.15, 0.2) is 0 Å². The second-order valence-electron chi connectivity index (χ2n) is 6.36. The van der Waals surface area contributed by atoms with Crippen LogP contribution in [0.25, 0.3) is 0 Å². The van der Waals surface area contributed by atoms with E-state index < -0.39 is 0 Å². The van der Waals surface area contributed by atoms with Gasteiger partial charge in [0, 0.05) is 5.69 Å². The molecule has 1 saturated carbocycles. The molecule has 0 amide bonds. The highest BCUT2D eigenvalue weighted by atomic mass is 35.5. The van der Waals surface area contributed by atoms with Crippen LogP contribution in [-0.2, 0) is 4.74 Å². The smallest absolute Gasteiger partial charge is 0.340 e. The number of benzene rings is 1. The Hall–Kier alpha value is -1.22. The van der Waals surface area contributed by atoms with E-state index >= 15 is 0 Å². The summed E-state index contributed by atoms with van der Waals surface area (Å²) in [5.41, 5.74) is 6.82. The van der Waals surface area contributed by atoms with Gasteiger partial charge in [0.1, 0.15) is 6.10 Å². The zero-order valence-corrected chi connectivity index (χ0v) is 13.9. The Kier molecular flexibility index (Phi) is 6.53. The van der Waals surface area contributed by atoms with Gasteiger partial charge in [0.05, 0.1) is 5.56 Å². The predicted octanol–water partition coefficient (Wildman–Crippen LogP) is 4.31. The number of hydrogen-bond acceptors (Lipinski definition) is 3. The Morgan fingerprint density at radius 1 is 1.29 bits per heavy atom. The van der Waals surface area contributed by atoms with Crippen LogP contribution in [0.2, 0.25) is 0 Å². The standard InChI is InChI=1S/C17H25NO2.ClH/c1-11(2)13-9-8-12(3)10-16(13)20-17(19)14-6-4-5-7-15(14)18;/h4-7,11-13,16H,8-10,18H2,1-3H3;1H/t12-,13+,16?;/m1./s1. The lowest BCUT2D eigenvalue weighted by Gasteiger charge is -2.36. The van der Waals surface area contributed by atoms with Gasteiger partial charge in [-0.05, 0) is 42.7 Å². The van der Waals surface area contributed by atoms with Crippen LogP contribution in [0.4, 0.5) is 5.69 Å². The van der Waals surface area contributed by atoms with Gasteiger partial charge in [0.2, 0.25) is 0 Å². The monoisotopic (exact) mass is 311 g/mol. The zero-order valence-electron chi connectivity index (χ0n) is 13.0. The maximum Gasteiger partial charge on any atom is 0.340 e. The summed E-state index contributed by atoms with van der Waals surface area (Å²) in [6.07, 6.45) is 3.35. The zero-order chi connectivity index (χ0) is 14.7. The van der Waals surface area contributed by atoms with Crippen molar-refractivity contribution in [3.05, 3.63) is 29.8 Å². The van der Waals surface area contributed by atoms with E-state index in [-0.39, 0.29) is 24.5 Å². The number of anilines is 1. The molecule has 0 spiro atoms. The molecule has 3 nitrogen and oxygen atoms in total. The van der Waals surface area contributed by atoms with E-state index in [0.717, 1.165) is 12.8 Å². The normalized spacial score (nSPS) is 25.2. The second-order valence-corrected chi connectivity index (χ2v) is 6.36. The maximum absolute atomic E-state index is 12.3. The SMILES string of the molecule is CC(C)[C@@H]1CC[C@@H](C)CC1OC(=O)c1ccccc1N.Cl. The molecule has 0 saturated heterocycles. The molecule has 118 valence electrons. The van der Waals surface area contributed by atoms with E-state index in [1.807, 2.05) is 12.1 Å². The van der Waals surface area contributed by atoms with Gasteiger partial charge in [-0.25, -0.2) is 4.79 Å². The molecular formula is C17H26ClNO2. The first-order chi connectivity index (χ1) is 9.49. The predicted molar refractivity (Wildman–Crippen MR) is 88.6 cm³/mol. The Labute approximate surface area is 133 Å². The molecule has 4 heteroatoms. The van der Waals surface area contributed by atoms with Gasteiger partial charge < -0.3 is 10.5 Å². The lowest BCUT2D eigenvalue weighted by molar-refractivity contribution is -0.0173. The van der Waals surface area contributed by atoms with Crippen LogP contribution in [0.5, 0.6) is 0 Å². The lowest BCUT2D eigenvalue weighted by Crippen LogP contribution is -2.36. The summed E-state index contributed by atoms with van der Waals surface area (Å²) in [5, 5.41) is 0. The van der Waals surface area contributed by atoms with E-state index in [1.165, 1.54) is 6.42 Å². The fourth-order valence-corrected chi connectivity index (χ4v) is 3.13. The molecule has 1 aromatic carbocycles. The summed E-state index contributed by atoms with van der Waals surface area (Å²) in [5.74, 6) is 1.33. The van der Waals surface area contributed by atoms with Gasteiger partial charge in [-0.2, -0.15) is 0 Å². The number of hydrogen-bond donors (Lipinski definition) is 1. The highest BCUT2D eigenvalue weighted by Gasteiger charge is 2.33. The van der Waals surface area contributed by atoms with Crippen LogP contribution in [-0.4, -0.2) is 12.1 Å². The molecule has 0 radical (unpaired) electrons. The molecule has 0 aliphatic heterocycles. The molecule has 0 bridgehead atoms. The van der Waals surface area contributed by atoms with Crippen LogP contribution < -0.4 is 5.73 Å². The first kappa shape index (κ1) is 17.8. The number of carbonyl (C=O) groups is 1. The minimum Gasteiger partial charge on any atom is -0.458 e. The maximum atomic E-state index is 12.3. The van der Waals surface area contributed by atoms with Crippen molar-refractivity contribution < 1.29 is 9.53 Å². The Morgan fingerprint density at radius 2 is 1.95 bits per heavy atom. The van der Waals surface area contributed by atoms with E-state index in [2.05, 4.69) is 20.8 Å². The van der Waals surface area contributed by atoms with Crippen molar-refractivity contribution in [3.8, 4) is 0 Å². The minimum atomic E-state index is -0.284. The first-order valence-electron chi connectivity index (χ1n) is 7.54. The number of ether oxygens (including phenoxy) is 1. The minimum absolute atomic E-state index is 0. The van der Waals surface area contributed by atoms with Crippen molar-refractivity contribution in [2.45, 2.75) is 46.1 Å². The van der Waals surface area contributed by atoms with E-state index in [9.17, 15) is 4.79 Å². The van der Waals surface area contributed by atoms with Crippen molar-refractivity contribution in [2.24, 2.45) is 17.8 Å². The van der Waals surface area contributed by atoms with E-state index in [1.54, 1.807) is 12.1 Å². The fourth-order valence-electron chi connectivity index (χ4n) is 3.13. The number of halogens is 1. The molecule has 3 atom stereocenters. The number of nitrogen functional groups attached to an aromatic ring is 1. The molecule has 2 rings (SSSR count). The van der Waals surface area contributed by atoms with Crippen molar-refractivity contribution in [2.75, 3.05) is 5.73 Å². The molecule has 1 fully saturated rings. The summed E-state index contributed by atoms with van der Waals surface area (Å²) in [4.78, 5) is 12.3. The van der Waals surface area contributed by atoms with Crippen molar-refractivity contribution in [1.29, 1.82) is 0 Å². The number of esters is 1. The van der Waals surface area contributed by atoms with Gasteiger partial charge in [-0.15, -0.1) is 12.4 Å². The molecular weight excluding hydrogens is 286 g/mol. The molecule has 21 heavy (non-hydrogen) atoms. The second kappa shape index (κ2) is 7.69. The van der Waals surface area contributed by atoms with Crippen molar-refractivity contribution in [1.82, 2.24) is 0 Å². The van der Waals surface area contributed by atoms with Crippen molar-refractivity contribution in [3.63, 3.8) is 0 Å². The third kappa shape index (κ3) is 4.37. The highest BCUT2D eigenvalue weighted by molar-refractivity contribution is 5.95. The van der Waals surface area contributed by atoms with Crippen LogP contribution in [0, 0.1) is 17.8 Å². The number of para-hydroxylation sites is 1. The third-order valence-electron chi connectivity index (χ3n) is 4.40. The van der Waals surface area contributed by atoms with Crippen LogP contribution in [0.1, 0.15) is 50.4 Å². The summed E-state index contributed by atoms with van der Waals surface area (Å²) < 4.78 is 5.78. The van der Waals surface area contributed by atoms with Crippen LogP contribution in [0.3, 0.4) is 0 Å². The largest absolute Gasteiger partial charge is 0.458 e. The molecule has 1 aliphatic carbocycles. The van der Waals surface area contributed by atoms with Crippen molar-refractivity contribution >= 4 is 24.1 Å². The molecule has 1 unspecified atom stereocenters. The van der Waals surface area contributed by atoms with Gasteiger partial charge in [0.25, 0.3) is 0 Å². The quantitative estimate of drug-likeness (QED) is 0.668. The topological polar surface area (TPSA) is 52.3 Å². The third-order valence-corrected chi connectivity index (χ3v) is 4.40. The molecule has 1 aromatic rings. The Balaban J connectivity index is 0.00000220. The summed E-state index contributed by atoms with van der Waals surface area (Å²) in [6.45, 7) is 6.64. The Bertz CT molecular complexity index is 476. The first-order valence-corrected chi connectivity index (χ1v) is 7.54. The van der Waals surface area contributed by atoms with E-state index in [4.69, 9.17) is 10.5 Å². The summed E-state index contributed by atoms with van der Waals surface area (Å²) in [7, 11) is 0. The summed E-state index contributed by atoms with van der Waals surface area (Å²) in [6, 6.07) is 7.11. The molecule has 0 aromatic heterocycles. The fraction of sp³-hybridized carbons (Fsp3) is 0.588. The molecule has 1 aliphatic rings. The van der Waals surface area contributed by atoms with Crippen LogP contribution in [0.15, 0.2) is 24.3 Å². The van der Waals surface area contributed by atoms with Gasteiger partial charge in [-0.1, -0.05) is 39.3 Å². The van der Waals surface area contributed by atoms with Gasteiger partial charge >= 0.3 is 5.97 Å².